The molecule has 0 radical (unpaired) electrons. The molecule has 25 heavy (non-hydrogen) atoms. The monoisotopic (exact) mass is 343 g/mol. The van der Waals surface area contributed by atoms with E-state index in [1.807, 2.05) is 6.07 Å². The van der Waals surface area contributed by atoms with E-state index in [0.717, 1.165) is 4.90 Å². The maximum absolute atomic E-state index is 11.5. The molecule has 0 unspecified atom stereocenters. The zero-order chi connectivity index (χ0) is 18.4. The zero-order valence-corrected chi connectivity index (χ0v) is 13.2. The van der Waals surface area contributed by atoms with Gasteiger partial charge >= 0.3 is 11.9 Å². The van der Waals surface area contributed by atoms with Crippen LogP contribution < -0.4 is 10.6 Å². The number of benzene rings is 1. The lowest BCUT2D eigenvalue weighted by Gasteiger charge is -2.24. The Morgan fingerprint density at radius 3 is 2.40 bits per heavy atom. The number of anilines is 2. The summed E-state index contributed by atoms with van der Waals surface area (Å²) < 4.78 is 0. The number of pyridine rings is 1. The van der Waals surface area contributed by atoms with Crippen LogP contribution in [0.4, 0.5) is 11.5 Å². The molecule has 1 heterocycles. The summed E-state index contributed by atoms with van der Waals surface area (Å²) in [6.45, 7) is 0. The molecule has 1 aromatic heterocycles. The normalized spacial score (nSPS) is 11.5. The SMILES string of the molecule is Nc1ccc(N(C=O)[C@@H](CCC(=O)O)C(=O)O)nc1-c1ccccc1. The molecule has 0 bridgehead atoms. The van der Waals surface area contributed by atoms with Gasteiger partial charge < -0.3 is 15.9 Å². The maximum atomic E-state index is 11.5. The Bertz CT molecular complexity index is 779. The number of carbonyl (C=O) groups is 3. The number of nitrogen functional groups attached to an aromatic ring is 1. The van der Waals surface area contributed by atoms with E-state index >= 15 is 0 Å². The topological polar surface area (TPSA) is 134 Å². The molecule has 0 aliphatic rings. The Balaban J connectivity index is 2.41. The van der Waals surface area contributed by atoms with Crippen molar-refractivity contribution in [1.29, 1.82) is 0 Å². The minimum Gasteiger partial charge on any atom is -0.481 e. The Morgan fingerprint density at radius 2 is 1.84 bits per heavy atom. The van der Waals surface area contributed by atoms with Gasteiger partial charge in [-0.25, -0.2) is 9.78 Å². The number of hydrogen-bond acceptors (Lipinski definition) is 5. The second-order valence-electron chi connectivity index (χ2n) is 5.27. The highest BCUT2D eigenvalue weighted by Crippen LogP contribution is 2.27. The third-order valence-corrected chi connectivity index (χ3v) is 3.59. The number of nitrogens with two attached hydrogens (primary N) is 1. The highest BCUT2D eigenvalue weighted by molar-refractivity contribution is 5.88. The van der Waals surface area contributed by atoms with Gasteiger partial charge in [0.2, 0.25) is 6.41 Å². The van der Waals surface area contributed by atoms with Crippen LogP contribution in [0.5, 0.6) is 0 Å². The Labute approximate surface area is 143 Å². The summed E-state index contributed by atoms with van der Waals surface area (Å²) in [4.78, 5) is 38.9. The van der Waals surface area contributed by atoms with Crippen LogP contribution in [-0.2, 0) is 14.4 Å². The number of hydrogen-bond donors (Lipinski definition) is 3. The molecule has 0 aliphatic carbocycles. The van der Waals surface area contributed by atoms with Gasteiger partial charge in [-0.1, -0.05) is 30.3 Å². The van der Waals surface area contributed by atoms with Crippen molar-refractivity contribution < 1.29 is 24.6 Å². The molecule has 0 spiro atoms. The largest absolute Gasteiger partial charge is 0.481 e. The highest BCUT2D eigenvalue weighted by atomic mass is 16.4. The van der Waals surface area contributed by atoms with E-state index < -0.39 is 18.0 Å². The summed E-state index contributed by atoms with van der Waals surface area (Å²) in [5.41, 5.74) is 7.43. The number of carboxylic acids is 2. The molecule has 1 aromatic carbocycles. The molecule has 1 amide bonds. The van der Waals surface area contributed by atoms with Crippen LogP contribution in [0, 0.1) is 0 Å². The fourth-order valence-corrected chi connectivity index (χ4v) is 2.36. The predicted molar refractivity (Wildman–Crippen MR) is 90.9 cm³/mol. The molecule has 1 atom stereocenters. The van der Waals surface area contributed by atoms with Crippen LogP contribution in [0.15, 0.2) is 42.5 Å². The zero-order valence-electron chi connectivity index (χ0n) is 13.2. The van der Waals surface area contributed by atoms with Crippen molar-refractivity contribution in [3.05, 3.63) is 42.5 Å². The molecule has 4 N–H and O–H groups in total. The van der Waals surface area contributed by atoms with Crippen LogP contribution >= 0.6 is 0 Å². The van der Waals surface area contributed by atoms with E-state index in [4.69, 9.17) is 10.8 Å². The third-order valence-electron chi connectivity index (χ3n) is 3.59. The third kappa shape index (κ3) is 4.31. The quantitative estimate of drug-likeness (QED) is 0.620. The van der Waals surface area contributed by atoms with Crippen molar-refractivity contribution in [2.45, 2.75) is 18.9 Å². The molecule has 8 nitrogen and oxygen atoms in total. The van der Waals surface area contributed by atoms with Gasteiger partial charge in [0.25, 0.3) is 0 Å². The first-order chi connectivity index (χ1) is 11.9. The van der Waals surface area contributed by atoms with Gasteiger partial charge in [-0.3, -0.25) is 14.5 Å². The van der Waals surface area contributed by atoms with E-state index in [0.29, 0.717) is 23.4 Å². The minimum absolute atomic E-state index is 0.0841. The molecular formula is C17H17N3O5. The number of aromatic nitrogens is 1. The average molecular weight is 343 g/mol. The fraction of sp³-hybridized carbons (Fsp3) is 0.176. The Morgan fingerprint density at radius 1 is 1.16 bits per heavy atom. The summed E-state index contributed by atoms with van der Waals surface area (Å²) in [5.74, 6) is -2.37. The molecular weight excluding hydrogens is 326 g/mol. The summed E-state index contributed by atoms with van der Waals surface area (Å²) in [6.07, 6.45) is -0.300. The Kier molecular flexibility index (Phi) is 5.67. The van der Waals surface area contributed by atoms with Crippen molar-refractivity contribution in [1.82, 2.24) is 4.98 Å². The first-order valence-electron chi connectivity index (χ1n) is 7.44. The van der Waals surface area contributed by atoms with E-state index in [2.05, 4.69) is 4.98 Å². The average Bonchev–Trinajstić information content (AvgIpc) is 2.59. The van der Waals surface area contributed by atoms with Crippen LogP contribution in [0.3, 0.4) is 0 Å². The van der Waals surface area contributed by atoms with Gasteiger partial charge in [-0.2, -0.15) is 0 Å². The second-order valence-corrected chi connectivity index (χ2v) is 5.27. The van der Waals surface area contributed by atoms with E-state index in [-0.39, 0.29) is 18.7 Å². The lowest BCUT2D eigenvalue weighted by Crippen LogP contribution is -2.41. The van der Waals surface area contributed by atoms with E-state index in [1.165, 1.54) is 12.1 Å². The number of amides is 1. The number of rotatable bonds is 8. The smallest absolute Gasteiger partial charge is 0.326 e. The van der Waals surface area contributed by atoms with Crippen molar-refractivity contribution >= 4 is 29.9 Å². The summed E-state index contributed by atoms with van der Waals surface area (Å²) >= 11 is 0. The van der Waals surface area contributed by atoms with Gasteiger partial charge in [0.05, 0.1) is 11.4 Å². The standard InChI is InChI=1S/C17H17N3O5/c18-12-6-8-14(19-16(12)11-4-2-1-3-5-11)20(10-21)13(17(24)25)7-9-15(22)23/h1-6,8,10,13H,7,9,18H2,(H,22,23)(H,24,25)/t13-/m0/s1. The van der Waals surface area contributed by atoms with Crippen molar-refractivity contribution in [2.24, 2.45) is 0 Å². The number of nitrogens with zero attached hydrogens (tertiary/aromatic N) is 2. The van der Waals surface area contributed by atoms with Crippen LogP contribution in [0.25, 0.3) is 11.3 Å². The summed E-state index contributed by atoms with van der Waals surface area (Å²) in [6, 6.07) is 10.6. The molecule has 2 rings (SSSR count). The maximum Gasteiger partial charge on any atom is 0.326 e. The van der Waals surface area contributed by atoms with Gasteiger partial charge in [-0.15, -0.1) is 0 Å². The number of carbonyl (C=O) groups excluding carboxylic acids is 1. The Hall–Kier alpha value is -3.42. The molecule has 0 saturated carbocycles. The molecule has 0 aliphatic heterocycles. The van der Waals surface area contributed by atoms with Crippen molar-refractivity contribution in [2.75, 3.05) is 10.6 Å². The first kappa shape index (κ1) is 17.9. The van der Waals surface area contributed by atoms with Gasteiger partial charge in [-0.05, 0) is 18.6 Å². The van der Waals surface area contributed by atoms with Gasteiger partial charge in [0, 0.05) is 12.0 Å². The molecule has 0 fully saturated rings. The molecule has 8 heteroatoms. The molecule has 0 saturated heterocycles. The van der Waals surface area contributed by atoms with Gasteiger partial charge in [0.1, 0.15) is 11.9 Å². The number of aliphatic carboxylic acids is 2. The lowest BCUT2D eigenvalue weighted by molar-refractivity contribution is -0.140. The molecule has 2 aromatic rings. The van der Waals surface area contributed by atoms with Crippen LogP contribution in [0.1, 0.15) is 12.8 Å². The van der Waals surface area contributed by atoms with E-state index in [1.54, 1.807) is 24.3 Å². The van der Waals surface area contributed by atoms with Gasteiger partial charge in [0.15, 0.2) is 0 Å². The van der Waals surface area contributed by atoms with Crippen LogP contribution in [-0.4, -0.2) is 39.6 Å². The fourth-order valence-electron chi connectivity index (χ4n) is 2.36. The minimum atomic E-state index is -1.34. The highest BCUT2D eigenvalue weighted by Gasteiger charge is 2.27. The van der Waals surface area contributed by atoms with Crippen molar-refractivity contribution in [3.8, 4) is 11.3 Å². The predicted octanol–water partition coefficient (Wildman–Crippen LogP) is 1.61. The number of carboxylic acid groups (broad SMARTS) is 2. The van der Waals surface area contributed by atoms with Crippen molar-refractivity contribution in [3.63, 3.8) is 0 Å². The lowest BCUT2D eigenvalue weighted by atomic mass is 10.1. The summed E-state index contributed by atoms with van der Waals surface area (Å²) in [5, 5.41) is 18.1. The first-order valence-corrected chi connectivity index (χ1v) is 7.44. The second kappa shape index (κ2) is 7.91. The van der Waals surface area contributed by atoms with E-state index in [9.17, 15) is 19.5 Å². The molecule has 130 valence electrons. The summed E-state index contributed by atoms with van der Waals surface area (Å²) in [7, 11) is 0. The van der Waals surface area contributed by atoms with Crippen LogP contribution in [0.2, 0.25) is 0 Å².